The second-order valence-corrected chi connectivity index (χ2v) is 13.6. The van der Waals surface area contributed by atoms with Crippen molar-refractivity contribution in [2.24, 2.45) is 0 Å². The summed E-state index contributed by atoms with van der Waals surface area (Å²) in [6, 6.07) is 19.5. The fraction of sp³-hybridized carbons (Fsp3) is 0.262. The first-order valence-corrected chi connectivity index (χ1v) is 17.7. The molecule has 7 nitrogen and oxygen atoms in total. The van der Waals surface area contributed by atoms with Crippen LogP contribution in [0.5, 0.6) is 0 Å². The molecule has 0 aliphatic heterocycles. The van der Waals surface area contributed by atoms with Crippen LogP contribution in [-0.4, -0.2) is 40.1 Å². The van der Waals surface area contributed by atoms with Crippen LogP contribution < -0.4 is 0 Å². The molecule has 284 valence electrons. The maximum atomic E-state index is 14.6. The Hall–Kier alpha value is -5.53. The lowest BCUT2D eigenvalue weighted by molar-refractivity contribution is -0.109. The van der Waals surface area contributed by atoms with E-state index in [0.29, 0.717) is 31.2 Å². The predicted molar refractivity (Wildman–Crippen MR) is 191 cm³/mol. The Morgan fingerprint density at radius 1 is 0.655 bits per heavy atom. The number of halogens is 6. The lowest BCUT2D eigenvalue weighted by Crippen LogP contribution is -2.11. The minimum atomic E-state index is -0.746. The number of nitrogens with zero attached hydrogens (tertiary/aromatic N) is 4. The zero-order valence-corrected chi connectivity index (χ0v) is 29.9. The monoisotopic (exact) mass is 758 g/mol. The Morgan fingerprint density at radius 2 is 1.13 bits per heavy atom. The molecule has 2 atom stereocenters. The quantitative estimate of drug-likeness (QED) is 0.0792. The van der Waals surface area contributed by atoms with Crippen molar-refractivity contribution in [3.8, 4) is 11.4 Å². The molecule has 0 N–H and O–H groups in total. The molecule has 55 heavy (non-hydrogen) atoms. The van der Waals surface area contributed by atoms with E-state index in [1.165, 1.54) is 66.0 Å². The highest BCUT2D eigenvalue weighted by Crippen LogP contribution is 2.42. The molecule has 0 radical (unpaired) electrons. The molecule has 0 fully saturated rings. The minimum absolute atomic E-state index is 0.00636. The molecule has 13 heteroatoms. The summed E-state index contributed by atoms with van der Waals surface area (Å²) < 4.78 is 96.3. The van der Waals surface area contributed by atoms with Gasteiger partial charge in [-0.25, -0.2) is 35.7 Å². The van der Waals surface area contributed by atoms with E-state index in [1.807, 2.05) is 12.1 Å². The van der Waals surface area contributed by atoms with Crippen LogP contribution in [0.25, 0.3) is 11.4 Å². The molecule has 6 aromatic rings. The molecule has 0 amide bonds. The van der Waals surface area contributed by atoms with Crippen LogP contribution in [0.1, 0.15) is 80.8 Å². The SMILES string of the molecule is COC(OC)c1nn(-c2ccc(F)cc2F)c2c1CCC2Cc1cccc(F)c1.O=Cc1nn(-c2ccc(F)cc2F)c2c1CCC2Cc1cccc(F)c1. The van der Waals surface area contributed by atoms with Crippen LogP contribution in [0.2, 0.25) is 0 Å². The number of carbonyl (C=O) groups excluding carboxylic acids is 1. The highest BCUT2D eigenvalue weighted by Gasteiger charge is 2.35. The molecule has 8 rings (SSSR count). The Kier molecular flexibility index (Phi) is 11.0. The lowest BCUT2D eigenvalue weighted by Gasteiger charge is -2.15. The molecule has 2 aromatic heterocycles. The number of aromatic nitrogens is 4. The van der Waals surface area contributed by atoms with Gasteiger partial charge in [0.25, 0.3) is 0 Å². The number of methoxy groups -OCH3 is 2. The summed E-state index contributed by atoms with van der Waals surface area (Å²) in [4.78, 5) is 11.4. The minimum Gasteiger partial charge on any atom is -0.350 e. The predicted octanol–water partition coefficient (Wildman–Crippen LogP) is 9.23. The Balaban J connectivity index is 0.000000170. The summed E-state index contributed by atoms with van der Waals surface area (Å²) in [5.74, 6) is -3.41. The van der Waals surface area contributed by atoms with Gasteiger partial charge in [0.1, 0.15) is 46.0 Å². The first kappa shape index (κ1) is 37.8. The van der Waals surface area contributed by atoms with Gasteiger partial charge in [-0.05, 0) is 98.2 Å². The Bertz CT molecular complexity index is 2350. The van der Waals surface area contributed by atoms with E-state index >= 15 is 0 Å². The number of ether oxygens (including phenoxy) is 2. The third-order valence-electron chi connectivity index (χ3n) is 10.1. The lowest BCUT2D eigenvalue weighted by atomic mass is 9.97. The largest absolute Gasteiger partial charge is 0.350 e. The highest BCUT2D eigenvalue weighted by molar-refractivity contribution is 5.76. The van der Waals surface area contributed by atoms with Crippen molar-refractivity contribution in [1.82, 2.24) is 19.6 Å². The first-order valence-electron chi connectivity index (χ1n) is 17.7. The van der Waals surface area contributed by atoms with Gasteiger partial charge in [0.05, 0.1) is 11.4 Å². The average Bonchev–Trinajstić information content (AvgIpc) is 3.93. The van der Waals surface area contributed by atoms with Gasteiger partial charge < -0.3 is 9.47 Å². The van der Waals surface area contributed by atoms with Crippen molar-refractivity contribution in [3.05, 3.63) is 165 Å². The van der Waals surface area contributed by atoms with Crippen LogP contribution >= 0.6 is 0 Å². The molecular formula is C42H36F6N4O3. The van der Waals surface area contributed by atoms with Crippen molar-refractivity contribution >= 4 is 6.29 Å². The molecule has 0 saturated heterocycles. The number of benzene rings is 4. The van der Waals surface area contributed by atoms with E-state index in [0.717, 1.165) is 71.1 Å². The summed E-state index contributed by atoms with van der Waals surface area (Å²) in [5, 5.41) is 8.81. The maximum Gasteiger partial charge on any atom is 0.202 e. The van der Waals surface area contributed by atoms with Crippen molar-refractivity contribution in [2.45, 2.75) is 56.7 Å². The molecule has 0 saturated carbocycles. The van der Waals surface area contributed by atoms with Crippen molar-refractivity contribution in [3.63, 3.8) is 0 Å². The van der Waals surface area contributed by atoms with Gasteiger partial charge >= 0.3 is 0 Å². The van der Waals surface area contributed by atoms with Gasteiger partial charge in [0.2, 0.25) is 6.29 Å². The molecule has 2 aliphatic rings. The molecular weight excluding hydrogens is 722 g/mol. The third-order valence-corrected chi connectivity index (χ3v) is 10.1. The molecule has 4 aromatic carbocycles. The zero-order chi connectivity index (χ0) is 38.8. The molecule has 0 spiro atoms. The van der Waals surface area contributed by atoms with Crippen molar-refractivity contribution in [1.29, 1.82) is 0 Å². The number of rotatable bonds is 10. The van der Waals surface area contributed by atoms with Gasteiger partial charge in [0, 0.05) is 49.3 Å². The zero-order valence-electron chi connectivity index (χ0n) is 29.9. The molecule has 0 bridgehead atoms. The smallest absolute Gasteiger partial charge is 0.202 e. The maximum absolute atomic E-state index is 14.6. The van der Waals surface area contributed by atoms with E-state index in [-0.39, 0.29) is 40.5 Å². The third kappa shape index (κ3) is 7.72. The second-order valence-electron chi connectivity index (χ2n) is 13.6. The van der Waals surface area contributed by atoms with Gasteiger partial charge in [-0.1, -0.05) is 24.3 Å². The number of hydrogen-bond acceptors (Lipinski definition) is 5. The van der Waals surface area contributed by atoms with Crippen molar-refractivity contribution in [2.75, 3.05) is 14.2 Å². The molecule has 2 heterocycles. The molecule has 2 unspecified atom stereocenters. The fourth-order valence-electron chi connectivity index (χ4n) is 7.79. The van der Waals surface area contributed by atoms with E-state index in [2.05, 4.69) is 10.2 Å². The number of aldehydes is 1. The van der Waals surface area contributed by atoms with Crippen LogP contribution in [-0.2, 0) is 35.2 Å². The summed E-state index contributed by atoms with van der Waals surface area (Å²) in [6.45, 7) is 0. The fourth-order valence-corrected chi connectivity index (χ4v) is 7.79. The van der Waals surface area contributed by atoms with Crippen LogP contribution in [0.4, 0.5) is 26.3 Å². The van der Waals surface area contributed by atoms with Crippen molar-refractivity contribution < 1.29 is 40.6 Å². The van der Waals surface area contributed by atoms with E-state index < -0.39 is 29.6 Å². The number of fused-ring (bicyclic) bond motifs is 2. The van der Waals surface area contributed by atoms with Gasteiger partial charge in [0.15, 0.2) is 17.9 Å². The Labute approximate surface area is 313 Å². The standard InChI is InChI=1S/C22H21F3N2O2.C20H15F3N2O/c1-28-22(29-2)20-17-8-6-14(10-13-4-3-5-15(23)11-13)21(17)27(26-20)19-9-7-16(24)12-18(19)25;21-14-3-1-2-12(9-14)8-13-4-6-16-18(11-26)24-25(20(13)16)19-7-5-15(22)10-17(19)23/h3-5,7,9,11-12,14,22H,6,8,10H2,1-2H3;1-3,5,7,9-11,13H,4,6,8H2. The van der Waals surface area contributed by atoms with Gasteiger partial charge in [-0.3, -0.25) is 4.79 Å². The highest BCUT2D eigenvalue weighted by atomic mass is 19.2. The second kappa shape index (κ2) is 16.1. The van der Waals surface area contributed by atoms with E-state index in [4.69, 9.17) is 9.47 Å². The first-order chi connectivity index (χ1) is 26.6. The van der Waals surface area contributed by atoms with Crippen LogP contribution in [0.3, 0.4) is 0 Å². The van der Waals surface area contributed by atoms with E-state index in [1.54, 1.807) is 12.1 Å². The summed E-state index contributed by atoms with van der Waals surface area (Å²) >= 11 is 0. The van der Waals surface area contributed by atoms with Crippen LogP contribution in [0, 0.1) is 34.9 Å². The average molecular weight is 759 g/mol. The summed E-state index contributed by atoms with van der Waals surface area (Å²) in [7, 11) is 3.02. The summed E-state index contributed by atoms with van der Waals surface area (Å²) in [6.07, 6.45) is 4.03. The number of hydrogen-bond donors (Lipinski definition) is 0. The Morgan fingerprint density at radius 3 is 1.60 bits per heavy atom. The normalized spacial score (nSPS) is 15.9. The number of carbonyl (C=O) groups is 1. The van der Waals surface area contributed by atoms with Crippen LogP contribution in [0.15, 0.2) is 84.9 Å². The van der Waals surface area contributed by atoms with Gasteiger partial charge in [-0.2, -0.15) is 10.2 Å². The summed E-state index contributed by atoms with van der Waals surface area (Å²) in [5.41, 5.74) is 6.06. The van der Waals surface area contributed by atoms with Gasteiger partial charge in [-0.15, -0.1) is 0 Å². The van der Waals surface area contributed by atoms with E-state index in [9.17, 15) is 31.1 Å². The molecule has 2 aliphatic carbocycles. The topological polar surface area (TPSA) is 71.2 Å².